The van der Waals surface area contributed by atoms with Gasteiger partial charge in [0.2, 0.25) is 5.91 Å². The van der Waals surface area contributed by atoms with Crippen LogP contribution in [0.15, 0.2) is 36.9 Å². The lowest BCUT2D eigenvalue weighted by Crippen LogP contribution is -2.36. The van der Waals surface area contributed by atoms with Gasteiger partial charge in [-0.1, -0.05) is 12.1 Å². The van der Waals surface area contributed by atoms with Crippen molar-refractivity contribution in [3.05, 3.63) is 48.3 Å². The zero-order valence-corrected chi connectivity index (χ0v) is 13.6. The van der Waals surface area contributed by atoms with E-state index in [1.54, 1.807) is 12.1 Å². The number of H-pyrrole nitrogens is 1. The Balaban J connectivity index is 1.45. The van der Waals surface area contributed by atoms with Gasteiger partial charge in [0.15, 0.2) is 11.5 Å². The number of halogens is 1. The minimum absolute atomic E-state index is 0.0574. The van der Waals surface area contributed by atoms with E-state index in [9.17, 15) is 14.0 Å². The molecule has 1 fully saturated rings. The lowest BCUT2D eigenvalue weighted by atomic mass is 10.1. The van der Waals surface area contributed by atoms with Crippen molar-refractivity contribution in [2.24, 2.45) is 0 Å². The zero-order chi connectivity index (χ0) is 18.1. The van der Waals surface area contributed by atoms with Gasteiger partial charge in [0.05, 0.1) is 12.7 Å². The van der Waals surface area contributed by atoms with Gasteiger partial charge in [0, 0.05) is 6.54 Å². The number of hydrogen-bond donors (Lipinski definition) is 2. The van der Waals surface area contributed by atoms with Crippen molar-refractivity contribution in [1.29, 1.82) is 0 Å². The van der Waals surface area contributed by atoms with Crippen molar-refractivity contribution in [3.63, 3.8) is 0 Å². The number of aromatic amines is 1. The summed E-state index contributed by atoms with van der Waals surface area (Å²) in [5.74, 6) is -0.437. The number of likely N-dealkylation sites (tertiary alicyclic amines) is 1. The average Bonchev–Trinajstić information content (AvgIpc) is 3.21. The summed E-state index contributed by atoms with van der Waals surface area (Å²) >= 11 is 0. The molecule has 4 rings (SSSR count). The number of hydrogen-bond acceptors (Lipinski definition) is 6. The van der Waals surface area contributed by atoms with Crippen molar-refractivity contribution in [2.75, 3.05) is 11.9 Å². The summed E-state index contributed by atoms with van der Waals surface area (Å²) < 4.78 is 13.0. The van der Waals surface area contributed by atoms with Gasteiger partial charge in [-0.3, -0.25) is 14.5 Å². The highest BCUT2D eigenvalue weighted by Crippen LogP contribution is 2.21. The molecule has 1 aliphatic rings. The maximum atomic E-state index is 13.0. The molecule has 2 amide bonds. The quantitative estimate of drug-likeness (QED) is 0.669. The van der Waals surface area contributed by atoms with Crippen LogP contribution in [0.3, 0.4) is 0 Å². The minimum atomic E-state index is -0.683. The molecule has 26 heavy (non-hydrogen) atoms. The van der Waals surface area contributed by atoms with E-state index in [2.05, 4.69) is 25.3 Å². The molecule has 2 aromatic heterocycles. The number of fused-ring (bicyclic) bond motifs is 1. The van der Waals surface area contributed by atoms with E-state index in [0.717, 1.165) is 5.56 Å². The number of rotatable bonds is 5. The Hall–Kier alpha value is -3.36. The summed E-state index contributed by atoms with van der Waals surface area (Å²) in [5, 5.41) is 3.00. The lowest BCUT2D eigenvalue weighted by Gasteiger charge is -2.16. The highest BCUT2D eigenvalue weighted by molar-refractivity contribution is 6.07. The normalized spacial score (nSPS) is 17.3. The lowest BCUT2D eigenvalue weighted by molar-refractivity contribution is -0.138. The molecular weight excluding hydrogens is 339 g/mol. The molecule has 1 unspecified atom stereocenters. The first-order valence-electron chi connectivity index (χ1n) is 8.11. The molecule has 1 saturated heterocycles. The molecule has 3 aromatic rings. The molecule has 1 aromatic carbocycles. The Kier molecular flexibility index (Phi) is 4.04. The van der Waals surface area contributed by atoms with Crippen LogP contribution in [0.25, 0.3) is 11.2 Å². The predicted octanol–water partition coefficient (Wildman–Crippen LogP) is 1.27. The standard InChI is InChI=1S/C17H15FN6O2/c18-11-3-1-10(2-4-11)5-6-24-13(25)7-12(17(24)26)23-16-14-15(20-8-19-14)21-9-22-16/h1-4,8-9,12H,5-7H2,(H2,19,20,21,22,23). The Bertz CT molecular complexity index is 971. The highest BCUT2D eigenvalue weighted by atomic mass is 19.1. The molecule has 0 saturated carbocycles. The molecule has 3 heterocycles. The molecule has 8 nitrogen and oxygen atoms in total. The van der Waals surface area contributed by atoms with Crippen molar-refractivity contribution in [2.45, 2.75) is 18.9 Å². The largest absolute Gasteiger partial charge is 0.356 e. The number of carbonyl (C=O) groups excluding carboxylic acids is 2. The van der Waals surface area contributed by atoms with Crippen LogP contribution < -0.4 is 5.32 Å². The van der Waals surface area contributed by atoms with E-state index in [0.29, 0.717) is 23.4 Å². The highest BCUT2D eigenvalue weighted by Gasteiger charge is 2.38. The van der Waals surface area contributed by atoms with Gasteiger partial charge >= 0.3 is 0 Å². The molecule has 0 aliphatic carbocycles. The van der Waals surface area contributed by atoms with E-state index < -0.39 is 6.04 Å². The fourth-order valence-electron chi connectivity index (χ4n) is 2.96. The molecule has 0 spiro atoms. The van der Waals surface area contributed by atoms with Crippen LogP contribution in [-0.4, -0.2) is 49.2 Å². The third kappa shape index (κ3) is 2.99. The SMILES string of the molecule is O=C1CC(Nc2ncnc3nc[nH]c23)C(=O)N1CCc1ccc(F)cc1. The number of nitrogens with one attached hydrogen (secondary N) is 2. The summed E-state index contributed by atoms with van der Waals surface area (Å²) in [6, 6.07) is 5.32. The summed E-state index contributed by atoms with van der Waals surface area (Å²) in [7, 11) is 0. The maximum absolute atomic E-state index is 13.0. The number of anilines is 1. The Morgan fingerprint density at radius 1 is 1.19 bits per heavy atom. The van der Waals surface area contributed by atoms with Crippen LogP contribution in [-0.2, 0) is 16.0 Å². The van der Waals surface area contributed by atoms with Crippen molar-refractivity contribution < 1.29 is 14.0 Å². The maximum Gasteiger partial charge on any atom is 0.252 e. The van der Waals surface area contributed by atoms with Crippen LogP contribution in [0.4, 0.5) is 10.2 Å². The van der Waals surface area contributed by atoms with Crippen LogP contribution in [0.5, 0.6) is 0 Å². The summed E-state index contributed by atoms with van der Waals surface area (Å²) in [4.78, 5) is 41.1. The van der Waals surface area contributed by atoms with Crippen molar-refractivity contribution in [3.8, 4) is 0 Å². The molecule has 0 radical (unpaired) electrons. The number of carbonyl (C=O) groups is 2. The van der Waals surface area contributed by atoms with Gasteiger partial charge in [-0.2, -0.15) is 0 Å². The van der Waals surface area contributed by atoms with Gasteiger partial charge in [-0.05, 0) is 24.1 Å². The van der Waals surface area contributed by atoms with Crippen LogP contribution >= 0.6 is 0 Å². The topological polar surface area (TPSA) is 104 Å². The molecule has 9 heteroatoms. The summed E-state index contributed by atoms with van der Waals surface area (Å²) in [6.07, 6.45) is 3.37. The van der Waals surface area contributed by atoms with Crippen LogP contribution in [0.2, 0.25) is 0 Å². The molecule has 1 aliphatic heterocycles. The summed E-state index contributed by atoms with van der Waals surface area (Å²) in [5.41, 5.74) is 1.92. The van der Waals surface area contributed by atoms with Crippen LogP contribution in [0.1, 0.15) is 12.0 Å². The molecule has 132 valence electrons. The number of aromatic nitrogens is 4. The second-order valence-electron chi connectivity index (χ2n) is 5.98. The smallest absolute Gasteiger partial charge is 0.252 e. The first-order valence-corrected chi connectivity index (χ1v) is 8.11. The number of benzene rings is 1. The van der Waals surface area contributed by atoms with E-state index in [1.165, 1.54) is 29.7 Å². The van der Waals surface area contributed by atoms with Gasteiger partial charge in [-0.15, -0.1) is 0 Å². The fraction of sp³-hybridized carbons (Fsp3) is 0.235. The van der Waals surface area contributed by atoms with E-state index in [1.807, 2.05) is 0 Å². The van der Waals surface area contributed by atoms with Crippen molar-refractivity contribution in [1.82, 2.24) is 24.8 Å². The molecule has 0 bridgehead atoms. The minimum Gasteiger partial charge on any atom is -0.356 e. The second-order valence-corrected chi connectivity index (χ2v) is 5.98. The molecule has 2 N–H and O–H groups in total. The fourth-order valence-corrected chi connectivity index (χ4v) is 2.96. The first-order chi connectivity index (χ1) is 12.6. The number of amides is 2. The monoisotopic (exact) mass is 354 g/mol. The Morgan fingerprint density at radius 3 is 2.81 bits per heavy atom. The van der Waals surface area contributed by atoms with Crippen LogP contribution in [0, 0.1) is 5.82 Å². The average molecular weight is 354 g/mol. The third-order valence-electron chi connectivity index (χ3n) is 4.32. The van der Waals surface area contributed by atoms with E-state index in [-0.39, 0.29) is 30.6 Å². The van der Waals surface area contributed by atoms with Gasteiger partial charge in [-0.25, -0.2) is 19.3 Å². The van der Waals surface area contributed by atoms with Gasteiger partial charge < -0.3 is 10.3 Å². The third-order valence-corrected chi connectivity index (χ3v) is 4.32. The first kappa shape index (κ1) is 16.1. The summed E-state index contributed by atoms with van der Waals surface area (Å²) in [6.45, 7) is 0.255. The second kappa shape index (κ2) is 6.51. The zero-order valence-electron chi connectivity index (χ0n) is 13.6. The molecular formula is C17H15FN6O2. The van der Waals surface area contributed by atoms with E-state index >= 15 is 0 Å². The number of imide groups is 1. The van der Waals surface area contributed by atoms with Gasteiger partial charge in [0.25, 0.3) is 5.91 Å². The van der Waals surface area contributed by atoms with E-state index in [4.69, 9.17) is 0 Å². The Labute approximate surface area is 147 Å². The number of nitrogens with zero attached hydrogens (tertiary/aromatic N) is 4. The van der Waals surface area contributed by atoms with Crippen molar-refractivity contribution >= 4 is 28.8 Å². The molecule has 1 atom stereocenters. The Morgan fingerprint density at radius 2 is 2.00 bits per heavy atom. The van der Waals surface area contributed by atoms with Gasteiger partial charge in [0.1, 0.15) is 23.7 Å². The predicted molar refractivity (Wildman–Crippen MR) is 90.5 cm³/mol. The number of imidazole rings is 1.